The molecule has 0 saturated heterocycles. The number of aromatic nitrogens is 3. The van der Waals surface area contributed by atoms with Gasteiger partial charge >= 0.3 is 0 Å². The summed E-state index contributed by atoms with van der Waals surface area (Å²) in [5.41, 5.74) is 2.34. The van der Waals surface area contributed by atoms with E-state index in [4.69, 9.17) is 0 Å². The van der Waals surface area contributed by atoms with Gasteiger partial charge in [0.15, 0.2) is 5.43 Å². The van der Waals surface area contributed by atoms with Gasteiger partial charge in [-0.3, -0.25) is 14.3 Å². The van der Waals surface area contributed by atoms with Gasteiger partial charge in [-0.05, 0) is 20.8 Å². The van der Waals surface area contributed by atoms with E-state index < -0.39 is 0 Å². The van der Waals surface area contributed by atoms with Crippen LogP contribution in [0.5, 0.6) is 0 Å². The Balaban J connectivity index is 2.17. The number of amides is 1. The Bertz CT molecular complexity index is 686. The molecular formula is C14H18N4O2. The van der Waals surface area contributed by atoms with Gasteiger partial charge in [-0.1, -0.05) is 0 Å². The number of pyridine rings is 1. The Labute approximate surface area is 117 Å². The minimum Gasteiger partial charge on any atom is -0.340 e. The third-order valence-electron chi connectivity index (χ3n) is 3.12. The fourth-order valence-corrected chi connectivity index (χ4v) is 2.19. The lowest BCUT2D eigenvalue weighted by Crippen LogP contribution is -2.24. The molecule has 0 spiro atoms. The van der Waals surface area contributed by atoms with E-state index >= 15 is 0 Å². The Kier molecular flexibility index (Phi) is 3.74. The average molecular weight is 274 g/mol. The Morgan fingerprint density at radius 2 is 1.80 bits per heavy atom. The van der Waals surface area contributed by atoms with Gasteiger partial charge in [-0.25, -0.2) is 0 Å². The lowest BCUT2D eigenvalue weighted by Gasteiger charge is -2.14. The number of anilines is 1. The molecule has 0 atom stereocenters. The minimum atomic E-state index is -0.150. The molecule has 20 heavy (non-hydrogen) atoms. The number of rotatable bonds is 3. The van der Waals surface area contributed by atoms with Crippen molar-refractivity contribution in [1.82, 2.24) is 14.3 Å². The van der Waals surface area contributed by atoms with E-state index in [2.05, 4.69) is 10.4 Å². The molecule has 6 nitrogen and oxygen atoms in total. The van der Waals surface area contributed by atoms with Crippen molar-refractivity contribution in [3.8, 4) is 0 Å². The zero-order chi connectivity index (χ0) is 14.9. The lowest BCUT2D eigenvalue weighted by molar-refractivity contribution is -0.116. The highest BCUT2D eigenvalue weighted by molar-refractivity contribution is 5.89. The smallest absolute Gasteiger partial charge is 0.245 e. The Hall–Kier alpha value is -2.37. The van der Waals surface area contributed by atoms with E-state index in [-0.39, 0.29) is 17.9 Å². The summed E-state index contributed by atoms with van der Waals surface area (Å²) in [6.07, 6.45) is 0. The van der Waals surface area contributed by atoms with Crippen LogP contribution in [0.1, 0.15) is 17.1 Å². The molecule has 2 heterocycles. The largest absolute Gasteiger partial charge is 0.340 e. The van der Waals surface area contributed by atoms with Crippen molar-refractivity contribution in [2.75, 3.05) is 5.32 Å². The predicted octanol–water partition coefficient (Wildman–Crippen LogP) is 1.15. The number of hydrogen-bond acceptors (Lipinski definition) is 3. The van der Waals surface area contributed by atoms with Crippen LogP contribution in [0.15, 0.2) is 23.0 Å². The third kappa shape index (κ3) is 2.96. The summed E-state index contributed by atoms with van der Waals surface area (Å²) in [5, 5.41) is 6.98. The van der Waals surface area contributed by atoms with Gasteiger partial charge in [-0.2, -0.15) is 5.10 Å². The zero-order valence-electron chi connectivity index (χ0n) is 12.1. The van der Waals surface area contributed by atoms with Gasteiger partial charge in [0.2, 0.25) is 5.91 Å². The molecule has 0 radical (unpaired) electrons. The summed E-state index contributed by atoms with van der Waals surface area (Å²) in [5.74, 6) is 0.506. The molecule has 0 aliphatic rings. The maximum atomic E-state index is 12.1. The van der Waals surface area contributed by atoms with E-state index in [1.807, 2.05) is 26.8 Å². The van der Waals surface area contributed by atoms with E-state index in [0.717, 1.165) is 17.1 Å². The first-order valence-corrected chi connectivity index (χ1v) is 6.35. The molecule has 2 rings (SSSR count). The quantitative estimate of drug-likeness (QED) is 0.912. The highest BCUT2D eigenvalue weighted by atomic mass is 16.2. The molecule has 0 unspecified atom stereocenters. The summed E-state index contributed by atoms with van der Waals surface area (Å²) < 4.78 is 3.43. The molecule has 0 fully saturated rings. The SMILES string of the molecule is Cc1cc(NC(=O)Cn2c(C)cc(=O)cc2C)n(C)n1. The third-order valence-corrected chi connectivity index (χ3v) is 3.12. The maximum Gasteiger partial charge on any atom is 0.245 e. The van der Waals surface area contributed by atoms with Crippen LogP contribution >= 0.6 is 0 Å². The van der Waals surface area contributed by atoms with Crippen LogP contribution in [0.2, 0.25) is 0 Å². The number of nitrogens with zero attached hydrogens (tertiary/aromatic N) is 3. The molecular weight excluding hydrogens is 256 g/mol. The lowest BCUT2D eigenvalue weighted by atomic mass is 10.3. The van der Waals surface area contributed by atoms with Crippen LogP contribution in [0.4, 0.5) is 5.82 Å². The molecule has 0 aromatic carbocycles. The predicted molar refractivity (Wildman–Crippen MR) is 76.8 cm³/mol. The van der Waals surface area contributed by atoms with E-state index in [9.17, 15) is 9.59 Å². The fourth-order valence-electron chi connectivity index (χ4n) is 2.19. The molecule has 0 aliphatic carbocycles. The summed E-state index contributed by atoms with van der Waals surface area (Å²) in [4.78, 5) is 23.4. The molecule has 6 heteroatoms. The Morgan fingerprint density at radius 3 is 2.30 bits per heavy atom. The van der Waals surface area contributed by atoms with E-state index in [0.29, 0.717) is 5.82 Å². The van der Waals surface area contributed by atoms with Gasteiger partial charge in [0.1, 0.15) is 12.4 Å². The second-order valence-corrected chi connectivity index (χ2v) is 4.90. The highest BCUT2D eigenvalue weighted by Crippen LogP contribution is 2.09. The van der Waals surface area contributed by atoms with Crippen molar-refractivity contribution in [2.24, 2.45) is 7.05 Å². The van der Waals surface area contributed by atoms with Gasteiger partial charge in [0.25, 0.3) is 0 Å². The highest BCUT2D eigenvalue weighted by Gasteiger charge is 2.10. The van der Waals surface area contributed by atoms with Gasteiger partial charge in [-0.15, -0.1) is 0 Å². The van der Waals surface area contributed by atoms with Crippen molar-refractivity contribution in [3.05, 3.63) is 45.5 Å². The number of hydrogen-bond donors (Lipinski definition) is 1. The van der Waals surface area contributed by atoms with Crippen LogP contribution in [0.3, 0.4) is 0 Å². The van der Waals surface area contributed by atoms with Crippen LogP contribution in [-0.4, -0.2) is 20.3 Å². The zero-order valence-corrected chi connectivity index (χ0v) is 12.1. The van der Waals surface area contributed by atoms with Crippen LogP contribution < -0.4 is 10.7 Å². The number of nitrogens with one attached hydrogen (secondary N) is 1. The number of carbonyl (C=O) groups is 1. The second-order valence-electron chi connectivity index (χ2n) is 4.90. The van der Waals surface area contributed by atoms with Crippen LogP contribution in [0.25, 0.3) is 0 Å². The normalized spacial score (nSPS) is 10.6. The Morgan fingerprint density at radius 1 is 1.20 bits per heavy atom. The van der Waals surface area contributed by atoms with Crippen molar-refractivity contribution >= 4 is 11.7 Å². The number of aryl methyl sites for hydroxylation is 4. The topological polar surface area (TPSA) is 68.9 Å². The van der Waals surface area contributed by atoms with E-state index in [1.54, 1.807) is 16.3 Å². The van der Waals surface area contributed by atoms with Crippen molar-refractivity contribution < 1.29 is 4.79 Å². The molecule has 0 aliphatic heterocycles. The van der Waals surface area contributed by atoms with Crippen molar-refractivity contribution in [2.45, 2.75) is 27.3 Å². The van der Waals surface area contributed by atoms with Gasteiger partial charge in [0.05, 0.1) is 5.69 Å². The minimum absolute atomic E-state index is 0.0427. The van der Waals surface area contributed by atoms with Crippen LogP contribution in [0, 0.1) is 20.8 Å². The summed E-state index contributed by atoms with van der Waals surface area (Å²) in [6.45, 7) is 5.67. The fraction of sp³-hybridized carbons (Fsp3) is 0.357. The monoisotopic (exact) mass is 274 g/mol. The van der Waals surface area contributed by atoms with Gasteiger partial charge in [0, 0.05) is 36.6 Å². The first-order chi connectivity index (χ1) is 9.36. The van der Waals surface area contributed by atoms with E-state index in [1.165, 1.54) is 12.1 Å². The van der Waals surface area contributed by atoms with Crippen LogP contribution in [-0.2, 0) is 18.4 Å². The summed E-state index contributed by atoms with van der Waals surface area (Å²) in [7, 11) is 1.78. The maximum absolute atomic E-state index is 12.1. The van der Waals surface area contributed by atoms with Crippen molar-refractivity contribution in [1.29, 1.82) is 0 Å². The molecule has 0 bridgehead atoms. The summed E-state index contributed by atoms with van der Waals surface area (Å²) in [6, 6.07) is 4.85. The molecule has 2 aromatic rings. The summed E-state index contributed by atoms with van der Waals surface area (Å²) >= 11 is 0. The van der Waals surface area contributed by atoms with Gasteiger partial charge < -0.3 is 9.88 Å². The average Bonchev–Trinajstić information content (AvgIpc) is 2.62. The first-order valence-electron chi connectivity index (χ1n) is 6.35. The molecule has 2 aromatic heterocycles. The standard InChI is InChI=1S/C14H18N4O2/c1-9-5-13(17(4)16-9)15-14(20)8-18-10(2)6-12(19)7-11(18)3/h5-7H,8H2,1-4H3,(H,15,20). The number of carbonyl (C=O) groups excluding carboxylic acids is 1. The molecule has 0 saturated carbocycles. The molecule has 1 N–H and O–H groups in total. The van der Waals surface area contributed by atoms with Crippen molar-refractivity contribution in [3.63, 3.8) is 0 Å². The molecule has 106 valence electrons. The molecule has 1 amide bonds. The second kappa shape index (κ2) is 5.32. The first kappa shape index (κ1) is 14.0.